The van der Waals surface area contributed by atoms with Gasteiger partial charge in [0.1, 0.15) is 0 Å². The highest BCUT2D eigenvalue weighted by atomic mass is 16.5. The molecule has 0 radical (unpaired) electrons. The van der Waals surface area contributed by atoms with E-state index in [-0.39, 0.29) is 12.1 Å². The monoisotopic (exact) mass is 252 g/mol. The molecule has 0 bridgehead atoms. The molecule has 0 aromatic carbocycles. The molecule has 0 unspecified atom stereocenters. The Bertz CT molecular complexity index is 418. The molecular formula is C11H20N6O. The SMILES string of the molecule is CC(C)Oc1nc(NN)nc(NCC2(C)CC2)n1. The van der Waals surface area contributed by atoms with Gasteiger partial charge in [0.05, 0.1) is 6.10 Å². The normalized spacial score (nSPS) is 16.5. The molecule has 1 saturated carbocycles. The minimum atomic E-state index is 0.00632. The number of nitrogen functional groups attached to an aromatic ring is 1. The van der Waals surface area contributed by atoms with Gasteiger partial charge in [-0.05, 0) is 32.1 Å². The molecule has 0 amide bonds. The quantitative estimate of drug-likeness (QED) is 0.516. The van der Waals surface area contributed by atoms with Crippen LogP contribution in [0.4, 0.5) is 11.9 Å². The summed E-state index contributed by atoms with van der Waals surface area (Å²) in [6.45, 7) is 6.91. The van der Waals surface area contributed by atoms with Gasteiger partial charge in [-0.2, -0.15) is 15.0 Å². The van der Waals surface area contributed by atoms with E-state index in [1.165, 1.54) is 12.8 Å². The Labute approximate surface area is 107 Å². The van der Waals surface area contributed by atoms with Crippen LogP contribution in [0.2, 0.25) is 0 Å². The zero-order chi connectivity index (χ0) is 13.2. The van der Waals surface area contributed by atoms with E-state index in [0.717, 1.165) is 6.54 Å². The summed E-state index contributed by atoms with van der Waals surface area (Å²) in [4.78, 5) is 12.4. The molecular weight excluding hydrogens is 232 g/mol. The van der Waals surface area contributed by atoms with E-state index in [4.69, 9.17) is 10.6 Å². The number of rotatable bonds is 6. The van der Waals surface area contributed by atoms with Crippen LogP contribution < -0.4 is 21.3 Å². The number of nitrogens with one attached hydrogen (secondary N) is 2. The van der Waals surface area contributed by atoms with Crippen molar-refractivity contribution in [3.8, 4) is 6.01 Å². The van der Waals surface area contributed by atoms with Crippen LogP contribution in [0.1, 0.15) is 33.6 Å². The van der Waals surface area contributed by atoms with Crippen molar-refractivity contribution < 1.29 is 4.74 Å². The van der Waals surface area contributed by atoms with Crippen LogP contribution in [0.15, 0.2) is 0 Å². The first-order chi connectivity index (χ1) is 8.50. The van der Waals surface area contributed by atoms with Crippen LogP contribution in [0.25, 0.3) is 0 Å². The predicted octanol–water partition coefficient (Wildman–Crippen LogP) is 1.16. The Hall–Kier alpha value is -1.63. The van der Waals surface area contributed by atoms with Crippen LogP contribution in [-0.2, 0) is 0 Å². The zero-order valence-electron chi connectivity index (χ0n) is 11.0. The van der Waals surface area contributed by atoms with Crippen molar-refractivity contribution in [2.45, 2.75) is 39.7 Å². The van der Waals surface area contributed by atoms with Gasteiger partial charge in [0, 0.05) is 6.54 Å². The fraction of sp³-hybridized carbons (Fsp3) is 0.727. The summed E-state index contributed by atoms with van der Waals surface area (Å²) in [7, 11) is 0. The number of hydrogen-bond acceptors (Lipinski definition) is 7. The highest BCUT2D eigenvalue weighted by Crippen LogP contribution is 2.44. The maximum absolute atomic E-state index is 5.45. The summed E-state index contributed by atoms with van der Waals surface area (Å²) in [5, 5.41) is 3.20. The Balaban J connectivity index is 2.07. The summed E-state index contributed by atoms with van der Waals surface area (Å²) >= 11 is 0. The summed E-state index contributed by atoms with van der Waals surface area (Å²) in [5.74, 6) is 6.11. The number of aromatic nitrogens is 3. The molecule has 18 heavy (non-hydrogen) atoms. The molecule has 1 aromatic heterocycles. The lowest BCUT2D eigenvalue weighted by molar-refractivity contribution is 0.222. The molecule has 1 fully saturated rings. The Morgan fingerprint density at radius 2 is 1.94 bits per heavy atom. The molecule has 1 aliphatic carbocycles. The topological polar surface area (TPSA) is 98.0 Å². The third-order valence-electron chi connectivity index (χ3n) is 2.86. The van der Waals surface area contributed by atoms with E-state index in [9.17, 15) is 0 Å². The average Bonchev–Trinajstić information content (AvgIpc) is 3.04. The largest absolute Gasteiger partial charge is 0.461 e. The van der Waals surface area contributed by atoms with Gasteiger partial charge in [0.2, 0.25) is 11.9 Å². The summed E-state index contributed by atoms with van der Waals surface area (Å²) in [5.41, 5.74) is 2.79. The van der Waals surface area contributed by atoms with Gasteiger partial charge in [-0.15, -0.1) is 0 Å². The third kappa shape index (κ3) is 3.43. The van der Waals surface area contributed by atoms with E-state index in [2.05, 4.69) is 32.6 Å². The van der Waals surface area contributed by atoms with E-state index in [0.29, 0.717) is 17.3 Å². The number of nitrogens with two attached hydrogens (primary N) is 1. The van der Waals surface area contributed by atoms with Crippen LogP contribution in [-0.4, -0.2) is 27.6 Å². The number of hydrogen-bond donors (Lipinski definition) is 3. The molecule has 4 N–H and O–H groups in total. The first-order valence-electron chi connectivity index (χ1n) is 6.14. The van der Waals surface area contributed by atoms with E-state index in [1.54, 1.807) is 0 Å². The molecule has 1 aromatic rings. The lowest BCUT2D eigenvalue weighted by Gasteiger charge is -2.13. The van der Waals surface area contributed by atoms with Gasteiger partial charge in [-0.3, -0.25) is 5.43 Å². The summed E-state index contributed by atoms with van der Waals surface area (Å²) in [6.07, 6.45) is 2.48. The van der Waals surface area contributed by atoms with Gasteiger partial charge in [0.25, 0.3) is 0 Å². The van der Waals surface area contributed by atoms with Gasteiger partial charge in [0.15, 0.2) is 0 Å². The molecule has 1 aliphatic rings. The summed E-state index contributed by atoms with van der Waals surface area (Å²) < 4.78 is 5.45. The third-order valence-corrected chi connectivity index (χ3v) is 2.86. The van der Waals surface area contributed by atoms with Crippen molar-refractivity contribution in [3.63, 3.8) is 0 Å². The highest BCUT2D eigenvalue weighted by Gasteiger charge is 2.37. The van der Waals surface area contributed by atoms with Crippen LogP contribution in [0, 0.1) is 5.41 Å². The van der Waals surface area contributed by atoms with E-state index in [1.807, 2.05) is 13.8 Å². The van der Waals surface area contributed by atoms with Crippen LogP contribution in [0.3, 0.4) is 0 Å². The van der Waals surface area contributed by atoms with Crippen LogP contribution in [0.5, 0.6) is 6.01 Å². The van der Waals surface area contributed by atoms with Crippen molar-refractivity contribution in [1.82, 2.24) is 15.0 Å². The number of hydrazine groups is 1. The Kier molecular flexibility index (Phi) is 3.51. The first-order valence-corrected chi connectivity index (χ1v) is 6.14. The fourth-order valence-corrected chi connectivity index (χ4v) is 1.45. The maximum atomic E-state index is 5.45. The van der Waals surface area contributed by atoms with E-state index < -0.39 is 0 Å². The number of anilines is 2. The predicted molar refractivity (Wildman–Crippen MR) is 69.2 cm³/mol. The van der Waals surface area contributed by atoms with Crippen LogP contribution >= 0.6 is 0 Å². The highest BCUT2D eigenvalue weighted by molar-refractivity contribution is 5.35. The lowest BCUT2D eigenvalue weighted by atomic mass is 10.1. The number of ether oxygens (including phenoxy) is 1. The fourth-order valence-electron chi connectivity index (χ4n) is 1.45. The molecule has 1 heterocycles. The van der Waals surface area contributed by atoms with Crippen molar-refractivity contribution in [2.24, 2.45) is 11.3 Å². The van der Waals surface area contributed by atoms with Crippen molar-refractivity contribution in [3.05, 3.63) is 0 Å². The van der Waals surface area contributed by atoms with Gasteiger partial charge < -0.3 is 10.1 Å². The minimum Gasteiger partial charge on any atom is -0.461 e. The Morgan fingerprint density at radius 3 is 2.50 bits per heavy atom. The molecule has 2 rings (SSSR count). The molecule has 0 spiro atoms. The van der Waals surface area contributed by atoms with Crippen molar-refractivity contribution >= 4 is 11.9 Å². The molecule has 0 saturated heterocycles. The van der Waals surface area contributed by atoms with Crippen molar-refractivity contribution in [2.75, 3.05) is 17.3 Å². The van der Waals surface area contributed by atoms with Gasteiger partial charge >= 0.3 is 6.01 Å². The second kappa shape index (κ2) is 4.93. The Morgan fingerprint density at radius 1 is 1.28 bits per heavy atom. The van der Waals surface area contributed by atoms with Gasteiger partial charge in [-0.25, -0.2) is 5.84 Å². The summed E-state index contributed by atoms with van der Waals surface area (Å²) in [6, 6.07) is 0.274. The van der Waals surface area contributed by atoms with Gasteiger partial charge in [-0.1, -0.05) is 6.92 Å². The molecule has 7 heteroatoms. The maximum Gasteiger partial charge on any atom is 0.323 e. The zero-order valence-corrected chi connectivity index (χ0v) is 11.0. The molecule has 100 valence electrons. The first kappa shape index (κ1) is 12.8. The molecule has 0 aliphatic heterocycles. The lowest BCUT2D eigenvalue weighted by Crippen LogP contribution is -2.18. The number of nitrogens with zero attached hydrogens (tertiary/aromatic N) is 3. The smallest absolute Gasteiger partial charge is 0.323 e. The van der Waals surface area contributed by atoms with Crippen molar-refractivity contribution in [1.29, 1.82) is 0 Å². The standard InChI is InChI=1S/C11H20N6O/c1-7(2)18-10-15-8(14-9(16-10)17-12)13-6-11(3)4-5-11/h7H,4-6,12H2,1-3H3,(H2,13,14,15,16,17). The minimum absolute atomic E-state index is 0.00632. The van der Waals surface area contributed by atoms with E-state index >= 15 is 0 Å². The molecule has 7 nitrogen and oxygen atoms in total. The molecule has 0 atom stereocenters. The second-order valence-electron chi connectivity index (χ2n) is 5.24. The second-order valence-corrected chi connectivity index (χ2v) is 5.24. The average molecular weight is 252 g/mol.